The van der Waals surface area contributed by atoms with Crippen LogP contribution in [0.15, 0.2) is 24.7 Å². The quantitative estimate of drug-likeness (QED) is 0.896. The number of aromatic nitrogens is 3. The van der Waals surface area contributed by atoms with Crippen molar-refractivity contribution in [2.24, 2.45) is 5.41 Å². The minimum atomic E-state index is 0.534. The van der Waals surface area contributed by atoms with Crippen LogP contribution in [-0.4, -0.2) is 53.1 Å². The summed E-state index contributed by atoms with van der Waals surface area (Å²) in [6.07, 6.45) is 8.67. The molecule has 26 heavy (non-hydrogen) atoms. The van der Waals surface area contributed by atoms with E-state index in [2.05, 4.69) is 31.8 Å². The molecule has 2 aromatic heterocycles. The Morgan fingerprint density at radius 2 is 1.65 bits per heavy atom. The van der Waals surface area contributed by atoms with Crippen LogP contribution >= 0.6 is 0 Å². The van der Waals surface area contributed by atoms with Gasteiger partial charge in [0.15, 0.2) is 0 Å². The van der Waals surface area contributed by atoms with Crippen LogP contribution in [0.4, 0.5) is 11.6 Å². The summed E-state index contributed by atoms with van der Waals surface area (Å²) in [5.74, 6) is 1.57. The number of hydrogen-bond donors (Lipinski definition) is 1. The van der Waals surface area contributed by atoms with E-state index in [1.54, 1.807) is 6.33 Å². The largest absolute Gasteiger partial charge is 0.384 e. The molecule has 2 aliphatic heterocycles. The molecule has 6 nitrogen and oxygen atoms in total. The van der Waals surface area contributed by atoms with Crippen LogP contribution < -0.4 is 10.6 Å². The molecule has 2 saturated heterocycles. The minimum Gasteiger partial charge on any atom is -0.384 e. The van der Waals surface area contributed by atoms with Gasteiger partial charge >= 0.3 is 0 Å². The van der Waals surface area contributed by atoms with Gasteiger partial charge in [0.1, 0.15) is 18.0 Å². The molecular formula is C20H28N6. The van der Waals surface area contributed by atoms with Gasteiger partial charge in [-0.15, -0.1) is 0 Å². The van der Waals surface area contributed by atoms with Crippen molar-refractivity contribution in [3.63, 3.8) is 0 Å². The highest BCUT2D eigenvalue weighted by atomic mass is 15.2. The molecule has 0 saturated carbocycles. The molecule has 2 N–H and O–H groups in total. The summed E-state index contributed by atoms with van der Waals surface area (Å²) in [6.45, 7) is 6.63. The molecule has 2 aromatic rings. The van der Waals surface area contributed by atoms with Gasteiger partial charge in [0, 0.05) is 30.4 Å². The number of nitrogens with zero attached hydrogens (tertiary/aromatic N) is 5. The van der Waals surface area contributed by atoms with E-state index >= 15 is 0 Å². The van der Waals surface area contributed by atoms with Crippen molar-refractivity contribution in [2.45, 2.75) is 32.6 Å². The molecule has 0 unspecified atom stereocenters. The highest BCUT2D eigenvalue weighted by molar-refractivity contribution is 5.77. The Hall–Kier alpha value is -2.21. The first-order valence-corrected chi connectivity index (χ1v) is 9.53. The van der Waals surface area contributed by atoms with Gasteiger partial charge in [0.25, 0.3) is 0 Å². The van der Waals surface area contributed by atoms with E-state index in [1.807, 2.05) is 25.3 Å². The van der Waals surface area contributed by atoms with Crippen molar-refractivity contribution in [2.75, 3.05) is 43.9 Å². The van der Waals surface area contributed by atoms with Crippen molar-refractivity contribution in [3.8, 4) is 11.1 Å². The third-order valence-corrected chi connectivity index (χ3v) is 6.26. The number of nitrogen functional groups attached to an aromatic ring is 1. The Kier molecular flexibility index (Phi) is 4.53. The van der Waals surface area contributed by atoms with Gasteiger partial charge < -0.3 is 15.5 Å². The standard InChI is InChI=1S/C20H28N6/c1-15-18(16-3-4-17(21)22-13-16)19(24-14-23-15)26-11-7-20(8-12-26)5-9-25(2)10-6-20/h3-4,13-14H,5-12H2,1-2H3,(H2,21,22). The van der Waals surface area contributed by atoms with Gasteiger partial charge in [0.05, 0.1) is 5.69 Å². The van der Waals surface area contributed by atoms with Crippen LogP contribution in [0.25, 0.3) is 11.1 Å². The maximum absolute atomic E-state index is 5.76. The number of hydrogen-bond acceptors (Lipinski definition) is 6. The lowest BCUT2D eigenvalue weighted by molar-refractivity contribution is 0.0943. The average molecular weight is 352 g/mol. The molecule has 4 heterocycles. The summed E-state index contributed by atoms with van der Waals surface area (Å²) in [6, 6.07) is 3.86. The number of likely N-dealkylation sites (tertiary alicyclic amines) is 1. The number of nitrogens with two attached hydrogens (primary N) is 1. The van der Waals surface area contributed by atoms with Crippen LogP contribution in [0.3, 0.4) is 0 Å². The zero-order valence-corrected chi connectivity index (χ0v) is 15.8. The van der Waals surface area contributed by atoms with Crippen LogP contribution in [0.2, 0.25) is 0 Å². The number of rotatable bonds is 2. The van der Waals surface area contributed by atoms with E-state index in [0.717, 1.165) is 35.7 Å². The summed E-state index contributed by atoms with van der Waals surface area (Å²) in [4.78, 5) is 18.2. The number of pyridine rings is 1. The van der Waals surface area contributed by atoms with E-state index in [1.165, 1.54) is 38.8 Å². The van der Waals surface area contributed by atoms with Gasteiger partial charge in [0.2, 0.25) is 0 Å². The molecule has 6 heteroatoms. The Labute approximate surface area is 155 Å². The van der Waals surface area contributed by atoms with E-state index in [4.69, 9.17) is 5.73 Å². The normalized spacial score (nSPS) is 20.5. The molecule has 2 fully saturated rings. The number of aryl methyl sites for hydroxylation is 1. The average Bonchev–Trinajstić information content (AvgIpc) is 2.66. The Morgan fingerprint density at radius 1 is 0.962 bits per heavy atom. The van der Waals surface area contributed by atoms with Crippen LogP contribution in [0.1, 0.15) is 31.4 Å². The monoisotopic (exact) mass is 352 g/mol. The fourth-order valence-electron chi connectivity index (χ4n) is 4.38. The first-order valence-electron chi connectivity index (χ1n) is 9.53. The summed E-state index contributed by atoms with van der Waals surface area (Å²) in [5, 5.41) is 0. The predicted molar refractivity (Wildman–Crippen MR) is 105 cm³/mol. The highest BCUT2D eigenvalue weighted by Crippen LogP contribution is 2.43. The second kappa shape index (κ2) is 6.83. The second-order valence-corrected chi connectivity index (χ2v) is 7.92. The van der Waals surface area contributed by atoms with Crippen molar-refractivity contribution in [3.05, 3.63) is 30.4 Å². The van der Waals surface area contributed by atoms with E-state index < -0.39 is 0 Å². The molecule has 2 aliphatic rings. The molecule has 0 aliphatic carbocycles. The van der Waals surface area contributed by atoms with Gasteiger partial charge in [-0.3, -0.25) is 0 Å². The maximum Gasteiger partial charge on any atom is 0.140 e. The lowest BCUT2D eigenvalue weighted by Crippen LogP contribution is -2.46. The molecule has 0 atom stereocenters. The van der Waals surface area contributed by atoms with Crippen molar-refractivity contribution in [1.29, 1.82) is 0 Å². The SMILES string of the molecule is Cc1ncnc(N2CCC3(CCN(C)CC3)CC2)c1-c1ccc(N)nc1. The number of anilines is 2. The van der Waals surface area contributed by atoms with Crippen LogP contribution in [-0.2, 0) is 0 Å². The molecule has 1 spiro atoms. The predicted octanol–water partition coefficient (Wildman–Crippen LogP) is 2.74. The summed E-state index contributed by atoms with van der Waals surface area (Å²) in [5.41, 5.74) is 9.40. The van der Waals surface area contributed by atoms with E-state index in [9.17, 15) is 0 Å². The lowest BCUT2D eigenvalue weighted by Gasteiger charge is -2.46. The topological polar surface area (TPSA) is 71.2 Å². The summed E-state index contributed by atoms with van der Waals surface area (Å²) >= 11 is 0. The van der Waals surface area contributed by atoms with Crippen molar-refractivity contribution < 1.29 is 0 Å². The maximum atomic E-state index is 5.76. The van der Waals surface area contributed by atoms with Crippen molar-refractivity contribution >= 4 is 11.6 Å². The first kappa shape index (κ1) is 17.2. The van der Waals surface area contributed by atoms with Gasteiger partial charge in [-0.2, -0.15) is 0 Å². The van der Waals surface area contributed by atoms with Gasteiger partial charge in [-0.1, -0.05) is 0 Å². The number of piperidine rings is 2. The van der Waals surface area contributed by atoms with Crippen LogP contribution in [0.5, 0.6) is 0 Å². The molecule has 0 amide bonds. The fourth-order valence-corrected chi connectivity index (χ4v) is 4.38. The second-order valence-electron chi connectivity index (χ2n) is 7.92. The molecule has 0 aromatic carbocycles. The molecule has 138 valence electrons. The smallest absolute Gasteiger partial charge is 0.140 e. The molecule has 0 radical (unpaired) electrons. The van der Waals surface area contributed by atoms with E-state index in [-0.39, 0.29) is 0 Å². The zero-order valence-electron chi connectivity index (χ0n) is 15.8. The third kappa shape index (κ3) is 3.26. The molecule has 4 rings (SSSR count). The molecule has 0 bridgehead atoms. The Morgan fingerprint density at radius 3 is 2.31 bits per heavy atom. The van der Waals surface area contributed by atoms with E-state index in [0.29, 0.717) is 11.2 Å². The lowest BCUT2D eigenvalue weighted by atomic mass is 9.71. The van der Waals surface area contributed by atoms with Crippen LogP contribution in [0, 0.1) is 12.3 Å². The van der Waals surface area contributed by atoms with Gasteiger partial charge in [-0.05, 0) is 70.3 Å². The zero-order chi connectivity index (χ0) is 18.1. The fraction of sp³-hybridized carbons (Fsp3) is 0.550. The Bertz CT molecular complexity index is 754. The molecular weight excluding hydrogens is 324 g/mol. The first-order chi connectivity index (χ1) is 12.6. The minimum absolute atomic E-state index is 0.534. The summed E-state index contributed by atoms with van der Waals surface area (Å²) in [7, 11) is 2.23. The third-order valence-electron chi connectivity index (χ3n) is 6.26. The van der Waals surface area contributed by atoms with Gasteiger partial charge in [-0.25, -0.2) is 15.0 Å². The Balaban J connectivity index is 1.57. The van der Waals surface area contributed by atoms with Crippen molar-refractivity contribution in [1.82, 2.24) is 19.9 Å². The highest BCUT2D eigenvalue weighted by Gasteiger charge is 2.37. The summed E-state index contributed by atoms with van der Waals surface area (Å²) < 4.78 is 0.